The summed E-state index contributed by atoms with van der Waals surface area (Å²) < 4.78 is 21.9. The van der Waals surface area contributed by atoms with E-state index in [1.807, 2.05) is 0 Å². The smallest absolute Gasteiger partial charge is 0.139 e. The van der Waals surface area contributed by atoms with Crippen LogP contribution < -0.4 is 0 Å². The molecule has 0 N–H and O–H groups in total. The number of ether oxygens (including phenoxy) is 1. The number of aromatic nitrogens is 2. The Kier molecular flexibility index (Phi) is 4.82. The van der Waals surface area contributed by atoms with E-state index in [1.54, 1.807) is 6.07 Å². The predicted molar refractivity (Wildman–Crippen MR) is 85.4 cm³/mol. The van der Waals surface area contributed by atoms with Crippen molar-refractivity contribution in [1.82, 2.24) is 9.55 Å². The normalized spacial score (nSPS) is 18.7. The first-order valence-corrected chi connectivity index (χ1v) is 8.53. The van der Waals surface area contributed by atoms with Gasteiger partial charge in [-0.2, -0.15) is 0 Å². The maximum Gasteiger partial charge on any atom is 0.139 e. The van der Waals surface area contributed by atoms with Crippen molar-refractivity contribution in [2.75, 3.05) is 12.5 Å². The molecule has 1 saturated heterocycles. The summed E-state index contributed by atoms with van der Waals surface area (Å²) in [6.07, 6.45) is 4.22. The van der Waals surface area contributed by atoms with Gasteiger partial charge in [0.15, 0.2) is 0 Å². The Morgan fingerprint density at radius 2 is 2.33 bits per heavy atom. The summed E-state index contributed by atoms with van der Waals surface area (Å²) in [6, 6.07) is 3.27. The zero-order valence-electron chi connectivity index (χ0n) is 11.6. The average molecular weight is 376 g/mol. The summed E-state index contributed by atoms with van der Waals surface area (Å²) in [4.78, 5) is 4.53. The van der Waals surface area contributed by atoms with E-state index < -0.39 is 0 Å². The number of hydrogen-bond donors (Lipinski definition) is 0. The van der Waals surface area contributed by atoms with Gasteiger partial charge >= 0.3 is 0 Å². The summed E-state index contributed by atoms with van der Waals surface area (Å²) in [5.74, 6) is 1.13. The zero-order chi connectivity index (χ0) is 14.8. The van der Waals surface area contributed by atoms with Gasteiger partial charge in [-0.1, -0.05) is 0 Å². The van der Waals surface area contributed by atoms with Crippen molar-refractivity contribution in [2.45, 2.75) is 38.3 Å². The molecule has 1 aromatic heterocycles. The molecule has 21 heavy (non-hydrogen) atoms. The molecule has 0 amide bonds. The molecule has 6 heteroatoms. The predicted octanol–water partition coefficient (Wildman–Crippen LogP) is 4.29. The van der Waals surface area contributed by atoms with Gasteiger partial charge in [-0.15, -0.1) is 11.6 Å². The van der Waals surface area contributed by atoms with Gasteiger partial charge in [0.2, 0.25) is 0 Å². The lowest BCUT2D eigenvalue weighted by atomic mass is 10.2. The highest BCUT2D eigenvalue weighted by atomic mass is 79.9. The van der Waals surface area contributed by atoms with Crippen LogP contribution in [0, 0.1) is 5.82 Å². The molecule has 114 valence electrons. The zero-order valence-corrected chi connectivity index (χ0v) is 14.0. The monoisotopic (exact) mass is 374 g/mol. The molecular formula is C15H17BrClFN2O. The number of aryl methyl sites for hydroxylation is 2. The van der Waals surface area contributed by atoms with E-state index in [1.165, 1.54) is 6.07 Å². The lowest BCUT2D eigenvalue weighted by molar-refractivity contribution is 0.100. The van der Waals surface area contributed by atoms with Crippen molar-refractivity contribution in [3.05, 3.63) is 28.2 Å². The maximum absolute atomic E-state index is 13.7. The van der Waals surface area contributed by atoms with Gasteiger partial charge in [0, 0.05) is 31.5 Å². The Bertz CT molecular complexity index is 640. The number of nitrogens with zero attached hydrogens (tertiary/aromatic N) is 2. The number of hydrogen-bond acceptors (Lipinski definition) is 2. The third-order valence-corrected chi connectivity index (χ3v) is 4.68. The fourth-order valence-electron chi connectivity index (χ4n) is 2.84. The Labute approximate surface area is 136 Å². The van der Waals surface area contributed by atoms with E-state index in [9.17, 15) is 4.39 Å². The van der Waals surface area contributed by atoms with Gasteiger partial charge in [0.1, 0.15) is 11.6 Å². The molecule has 1 aliphatic rings. The van der Waals surface area contributed by atoms with Crippen LogP contribution in [0.5, 0.6) is 0 Å². The van der Waals surface area contributed by atoms with Gasteiger partial charge in [-0.05, 0) is 41.3 Å². The average Bonchev–Trinajstić information content (AvgIpc) is 3.06. The quantitative estimate of drug-likeness (QED) is 0.729. The van der Waals surface area contributed by atoms with Crippen molar-refractivity contribution in [3.8, 4) is 0 Å². The minimum Gasteiger partial charge on any atom is -0.378 e. The summed E-state index contributed by atoms with van der Waals surface area (Å²) >= 11 is 9.11. The molecule has 1 aromatic carbocycles. The number of rotatable bonds is 5. The largest absolute Gasteiger partial charge is 0.378 e. The first kappa shape index (κ1) is 15.3. The van der Waals surface area contributed by atoms with Gasteiger partial charge in [0.25, 0.3) is 0 Å². The van der Waals surface area contributed by atoms with Crippen molar-refractivity contribution in [2.24, 2.45) is 0 Å². The molecule has 0 aliphatic carbocycles. The molecule has 1 aliphatic heterocycles. The van der Waals surface area contributed by atoms with E-state index in [0.717, 1.165) is 43.8 Å². The second kappa shape index (κ2) is 6.63. The molecule has 3 rings (SSSR count). The highest BCUT2D eigenvalue weighted by Crippen LogP contribution is 2.26. The van der Waals surface area contributed by atoms with Crippen LogP contribution in [-0.4, -0.2) is 28.1 Å². The fourth-order valence-corrected chi connectivity index (χ4v) is 3.34. The highest BCUT2D eigenvalue weighted by molar-refractivity contribution is 9.10. The first-order valence-electron chi connectivity index (χ1n) is 7.21. The van der Waals surface area contributed by atoms with Crippen LogP contribution >= 0.6 is 27.5 Å². The molecule has 3 nitrogen and oxygen atoms in total. The lowest BCUT2D eigenvalue weighted by Gasteiger charge is -2.12. The van der Waals surface area contributed by atoms with Gasteiger partial charge in [-0.3, -0.25) is 0 Å². The van der Waals surface area contributed by atoms with Crippen LogP contribution in [0.1, 0.15) is 25.1 Å². The number of benzene rings is 1. The van der Waals surface area contributed by atoms with E-state index >= 15 is 0 Å². The summed E-state index contributed by atoms with van der Waals surface area (Å²) in [5.41, 5.74) is 1.63. The molecule has 0 bridgehead atoms. The van der Waals surface area contributed by atoms with Crippen molar-refractivity contribution in [3.63, 3.8) is 0 Å². The van der Waals surface area contributed by atoms with Gasteiger partial charge in [-0.25, -0.2) is 9.37 Å². The second-order valence-electron chi connectivity index (χ2n) is 5.30. The molecule has 1 unspecified atom stereocenters. The standard InChI is InChI=1S/C15H17BrClFN2O/c16-11-8-14-13(9-12(11)18)19-15(3-5-17)20(14)6-4-10-2-1-7-21-10/h8-10H,1-7H2. The molecule has 2 heterocycles. The summed E-state index contributed by atoms with van der Waals surface area (Å²) in [5, 5.41) is 0. The van der Waals surface area contributed by atoms with Crippen LogP contribution in [-0.2, 0) is 17.7 Å². The number of imidazole rings is 1. The third kappa shape index (κ3) is 3.25. The molecule has 1 atom stereocenters. The van der Waals surface area contributed by atoms with Gasteiger partial charge < -0.3 is 9.30 Å². The topological polar surface area (TPSA) is 27.1 Å². The van der Waals surface area contributed by atoms with E-state index in [0.29, 0.717) is 28.4 Å². The number of fused-ring (bicyclic) bond motifs is 1. The van der Waals surface area contributed by atoms with Crippen molar-refractivity contribution in [1.29, 1.82) is 0 Å². The van der Waals surface area contributed by atoms with E-state index in [4.69, 9.17) is 16.3 Å². The molecule has 0 radical (unpaired) electrons. The maximum atomic E-state index is 13.7. The Hall–Kier alpha value is -0.650. The molecule has 0 saturated carbocycles. The fraction of sp³-hybridized carbons (Fsp3) is 0.533. The summed E-state index contributed by atoms with van der Waals surface area (Å²) in [6.45, 7) is 1.69. The Balaban J connectivity index is 1.92. The Morgan fingerprint density at radius 3 is 3.05 bits per heavy atom. The summed E-state index contributed by atoms with van der Waals surface area (Å²) in [7, 11) is 0. The minimum atomic E-state index is -0.288. The third-order valence-electron chi connectivity index (χ3n) is 3.89. The SMILES string of the molecule is Fc1cc2nc(CCCl)n(CCC3CCCO3)c2cc1Br. The number of alkyl halides is 1. The van der Waals surface area contributed by atoms with Crippen molar-refractivity contribution < 1.29 is 9.13 Å². The van der Waals surface area contributed by atoms with Crippen molar-refractivity contribution >= 4 is 38.6 Å². The highest BCUT2D eigenvalue weighted by Gasteiger charge is 2.18. The molecule has 2 aromatic rings. The lowest BCUT2D eigenvalue weighted by Crippen LogP contribution is -2.12. The number of halogens is 3. The molecule has 0 spiro atoms. The minimum absolute atomic E-state index is 0.288. The van der Waals surface area contributed by atoms with Crippen LogP contribution in [0.4, 0.5) is 4.39 Å². The first-order chi connectivity index (χ1) is 10.2. The molecular weight excluding hydrogens is 359 g/mol. The van der Waals surface area contributed by atoms with E-state index in [-0.39, 0.29) is 5.82 Å². The second-order valence-corrected chi connectivity index (χ2v) is 6.53. The van der Waals surface area contributed by atoms with Crippen LogP contribution in [0.3, 0.4) is 0 Å². The van der Waals surface area contributed by atoms with Crippen LogP contribution in [0.25, 0.3) is 11.0 Å². The van der Waals surface area contributed by atoms with Gasteiger partial charge in [0.05, 0.1) is 21.6 Å². The van der Waals surface area contributed by atoms with Crippen LogP contribution in [0.15, 0.2) is 16.6 Å². The molecule has 1 fully saturated rings. The Morgan fingerprint density at radius 1 is 1.48 bits per heavy atom. The van der Waals surface area contributed by atoms with Crippen LogP contribution in [0.2, 0.25) is 0 Å². The van der Waals surface area contributed by atoms with E-state index in [2.05, 4.69) is 25.5 Å².